The summed E-state index contributed by atoms with van der Waals surface area (Å²) in [5.74, 6) is -3.40. The summed E-state index contributed by atoms with van der Waals surface area (Å²) in [6.07, 6.45) is 2.08. The first-order valence-corrected chi connectivity index (χ1v) is 5.62. The van der Waals surface area contributed by atoms with Crippen molar-refractivity contribution >= 4 is 11.6 Å². The first-order valence-electron chi connectivity index (χ1n) is 5.62. The topological polar surface area (TPSA) is 51.2 Å². The number of aromatic nitrogens is 1. The Hall–Kier alpha value is -2.64. The van der Waals surface area contributed by atoms with Crippen molar-refractivity contribution in [3.8, 4) is 5.75 Å². The molecule has 0 aliphatic heterocycles. The minimum absolute atomic E-state index is 0.0321. The van der Waals surface area contributed by atoms with Crippen molar-refractivity contribution in [2.75, 3.05) is 5.32 Å². The van der Waals surface area contributed by atoms with Gasteiger partial charge in [-0.3, -0.25) is 9.78 Å². The maximum absolute atomic E-state index is 13.4. The number of benzene rings is 1. The fourth-order valence-corrected chi connectivity index (χ4v) is 1.53. The standard InChI is InChI=1S/C13H8F4N2O2/c14-9-5-7(1-2-11(9)21-13(16)17)19-12(20)8-3-4-18-6-10(8)15/h1-6,13H,(H,19,20). The number of pyridine rings is 1. The second-order valence-electron chi connectivity index (χ2n) is 3.83. The molecule has 2 aromatic rings. The predicted octanol–water partition coefficient (Wildman–Crippen LogP) is 3.21. The molecular weight excluding hydrogens is 292 g/mol. The quantitative estimate of drug-likeness (QED) is 0.882. The number of halogens is 4. The van der Waals surface area contributed by atoms with E-state index in [0.29, 0.717) is 0 Å². The lowest BCUT2D eigenvalue weighted by molar-refractivity contribution is -0.0521. The lowest BCUT2D eigenvalue weighted by atomic mass is 10.2. The van der Waals surface area contributed by atoms with Gasteiger partial charge < -0.3 is 10.1 Å². The molecule has 0 spiro atoms. The molecule has 1 aromatic heterocycles. The van der Waals surface area contributed by atoms with Gasteiger partial charge in [0.1, 0.15) is 0 Å². The summed E-state index contributed by atoms with van der Waals surface area (Å²) in [5.41, 5.74) is -0.311. The zero-order valence-electron chi connectivity index (χ0n) is 10.3. The van der Waals surface area contributed by atoms with Crippen LogP contribution in [-0.4, -0.2) is 17.5 Å². The number of nitrogens with one attached hydrogen (secondary N) is 1. The van der Waals surface area contributed by atoms with Crippen molar-refractivity contribution in [3.05, 3.63) is 53.9 Å². The molecule has 1 aromatic carbocycles. The molecule has 21 heavy (non-hydrogen) atoms. The zero-order chi connectivity index (χ0) is 15.4. The first kappa shape index (κ1) is 14.8. The normalized spacial score (nSPS) is 10.5. The van der Waals surface area contributed by atoms with Crippen LogP contribution in [0.25, 0.3) is 0 Å². The van der Waals surface area contributed by atoms with E-state index in [1.807, 2.05) is 0 Å². The Bertz CT molecular complexity index is 664. The monoisotopic (exact) mass is 300 g/mol. The van der Waals surface area contributed by atoms with Crippen molar-refractivity contribution in [2.45, 2.75) is 6.61 Å². The number of alkyl halides is 2. The van der Waals surface area contributed by atoms with Crippen LogP contribution >= 0.6 is 0 Å². The summed E-state index contributed by atoms with van der Waals surface area (Å²) in [7, 11) is 0. The summed E-state index contributed by atoms with van der Waals surface area (Å²) < 4.78 is 54.6. The van der Waals surface area contributed by atoms with E-state index in [1.54, 1.807) is 0 Å². The van der Waals surface area contributed by atoms with Crippen molar-refractivity contribution in [3.63, 3.8) is 0 Å². The van der Waals surface area contributed by atoms with E-state index in [2.05, 4.69) is 15.0 Å². The number of carbonyl (C=O) groups is 1. The fourth-order valence-electron chi connectivity index (χ4n) is 1.53. The molecule has 1 heterocycles. The van der Waals surface area contributed by atoms with Crippen LogP contribution < -0.4 is 10.1 Å². The van der Waals surface area contributed by atoms with Gasteiger partial charge in [-0.15, -0.1) is 0 Å². The van der Waals surface area contributed by atoms with Crippen molar-refractivity contribution < 1.29 is 27.1 Å². The molecule has 110 valence electrons. The summed E-state index contributed by atoms with van der Waals surface area (Å²) in [6.45, 7) is -3.16. The lowest BCUT2D eigenvalue weighted by Crippen LogP contribution is -2.14. The molecule has 0 atom stereocenters. The largest absolute Gasteiger partial charge is 0.432 e. The molecule has 4 nitrogen and oxygen atoms in total. The number of hydrogen-bond donors (Lipinski definition) is 1. The third-order valence-electron chi connectivity index (χ3n) is 2.42. The highest BCUT2D eigenvalue weighted by molar-refractivity contribution is 6.04. The Balaban J connectivity index is 2.15. The third-order valence-corrected chi connectivity index (χ3v) is 2.42. The average molecular weight is 300 g/mol. The van der Waals surface area contributed by atoms with Gasteiger partial charge in [0.25, 0.3) is 5.91 Å². The smallest absolute Gasteiger partial charge is 0.387 e. The van der Waals surface area contributed by atoms with E-state index in [0.717, 1.165) is 30.5 Å². The van der Waals surface area contributed by atoms with E-state index in [-0.39, 0.29) is 11.3 Å². The number of rotatable bonds is 4. The Kier molecular flexibility index (Phi) is 4.36. The van der Waals surface area contributed by atoms with Crippen LogP contribution in [0.1, 0.15) is 10.4 Å². The van der Waals surface area contributed by atoms with Crippen molar-refractivity contribution in [1.29, 1.82) is 0 Å². The lowest BCUT2D eigenvalue weighted by Gasteiger charge is -2.09. The van der Waals surface area contributed by atoms with E-state index < -0.39 is 29.9 Å². The molecule has 1 N–H and O–H groups in total. The maximum Gasteiger partial charge on any atom is 0.387 e. The molecule has 0 bridgehead atoms. The van der Waals surface area contributed by atoms with E-state index in [1.165, 1.54) is 6.20 Å². The molecule has 0 unspecified atom stereocenters. The van der Waals surface area contributed by atoms with Gasteiger partial charge in [-0.05, 0) is 18.2 Å². The molecular formula is C13H8F4N2O2. The third kappa shape index (κ3) is 3.68. The Morgan fingerprint density at radius 3 is 2.57 bits per heavy atom. The zero-order valence-corrected chi connectivity index (χ0v) is 10.3. The summed E-state index contributed by atoms with van der Waals surface area (Å²) in [4.78, 5) is 15.2. The highest BCUT2D eigenvalue weighted by atomic mass is 19.3. The van der Waals surface area contributed by atoms with E-state index in [4.69, 9.17) is 0 Å². The van der Waals surface area contributed by atoms with Crippen LogP contribution in [0.2, 0.25) is 0 Å². The predicted molar refractivity (Wildman–Crippen MR) is 65.2 cm³/mol. The SMILES string of the molecule is O=C(Nc1ccc(OC(F)F)c(F)c1)c1ccncc1F. The van der Waals surface area contributed by atoms with Crippen LogP contribution in [0, 0.1) is 11.6 Å². The van der Waals surface area contributed by atoms with E-state index >= 15 is 0 Å². The van der Waals surface area contributed by atoms with Gasteiger partial charge >= 0.3 is 6.61 Å². The molecule has 8 heteroatoms. The van der Waals surface area contributed by atoms with Gasteiger partial charge in [0.2, 0.25) is 0 Å². The van der Waals surface area contributed by atoms with Gasteiger partial charge in [-0.1, -0.05) is 0 Å². The van der Waals surface area contributed by atoms with E-state index in [9.17, 15) is 22.4 Å². The molecule has 0 saturated carbocycles. The minimum atomic E-state index is -3.16. The van der Waals surface area contributed by atoms with Gasteiger partial charge in [-0.2, -0.15) is 8.78 Å². The van der Waals surface area contributed by atoms with Gasteiger partial charge in [0.05, 0.1) is 11.8 Å². The van der Waals surface area contributed by atoms with Crippen LogP contribution in [0.4, 0.5) is 23.2 Å². The molecule has 0 saturated heterocycles. The summed E-state index contributed by atoms with van der Waals surface area (Å²) in [5, 5.41) is 2.23. The molecule has 1 amide bonds. The number of nitrogens with zero attached hydrogens (tertiary/aromatic N) is 1. The number of anilines is 1. The van der Waals surface area contributed by atoms with Crippen LogP contribution in [0.5, 0.6) is 5.75 Å². The number of hydrogen-bond acceptors (Lipinski definition) is 3. The van der Waals surface area contributed by atoms with Crippen molar-refractivity contribution in [1.82, 2.24) is 4.98 Å². The maximum atomic E-state index is 13.4. The second-order valence-corrected chi connectivity index (χ2v) is 3.83. The molecule has 0 aliphatic carbocycles. The van der Waals surface area contributed by atoms with Gasteiger partial charge in [0, 0.05) is 18.0 Å². The summed E-state index contributed by atoms with van der Waals surface area (Å²) in [6, 6.07) is 4.02. The molecule has 0 radical (unpaired) electrons. The van der Waals surface area contributed by atoms with Crippen LogP contribution in [0.15, 0.2) is 36.7 Å². The average Bonchev–Trinajstić information content (AvgIpc) is 2.42. The van der Waals surface area contributed by atoms with Gasteiger partial charge in [0.15, 0.2) is 17.4 Å². The number of ether oxygens (including phenoxy) is 1. The highest BCUT2D eigenvalue weighted by Gasteiger charge is 2.14. The molecule has 0 fully saturated rings. The number of carbonyl (C=O) groups excluding carboxylic acids is 1. The second kappa shape index (κ2) is 6.21. The Labute approximate surface area is 116 Å². The summed E-state index contributed by atoms with van der Waals surface area (Å²) >= 11 is 0. The van der Waals surface area contributed by atoms with Crippen molar-refractivity contribution in [2.24, 2.45) is 0 Å². The minimum Gasteiger partial charge on any atom is -0.432 e. The van der Waals surface area contributed by atoms with Gasteiger partial charge in [-0.25, -0.2) is 8.78 Å². The van der Waals surface area contributed by atoms with Crippen LogP contribution in [-0.2, 0) is 0 Å². The highest BCUT2D eigenvalue weighted by Crippen LogP contribution is 2.23. The molecule has 0 aliphatic rings. The Morgan fingerprint density at radius 2 is 1.95 bits per heavy atom. The fraction of sp³-hybridized carbons (Fsp3) is 0.0769. The molecule has 2 rings (SSSR count). The number of amides is 1. The van der Waals surface area contributed by atoms with Crippen LogP contribution in [0.3, 0.4) is 0 Å². The Morgan fingerprint density at radius 1 is 1.19 bits per heavy atom. The first-order chi connectivity index (χ1) is 9.97.